The van der Waals surface area contributed by atoms with Crippen molar-refractivity contribution in [3.63, 3.8) is 0 Å². The molecule has 2 heterocycles. The molecule has 0 aromatic rings. The van der Waals surface area contributed by atoms with E-state index in [1.165, 1.54) is 90.7 Å². The van der Waals surface area contributed by atoms with E-state index in [1.807, 2.05) is 69.2 Å². The Hall–Kier alpha value is -5.42. The summed E-state index contributed by atoms with van der Waals surface area (Å²) in [6.45, 7) is 32.3. The molecule has 2 aliphatic rings. The van der Waals surface area contributed by atoms with Crippen molar-refractivity contribution in [3.8, 4) is 0 Å². The number of ketones is 3. The Balaban J connectivity index is 2.99. The van der Waals surface area contributed by atoms with E-state index in [0.29, 0.717) is 30.9 Å². The van der Waals surface area contributed by atoms with Crippen LogP contribution in [0.5, 0.6) is 0 Å². The Morgan fingerprint density at radius 1 is 0.522 bits per heavy atom. The first-order valence-electron chi connectivity index (χ1n) is 33.2. The minimum atomic E-state index is -1.50. The normalized spacial score (nSPS) is 28.3. The van der Waals surface area contributed by atoms with Crippen LogP contribution < -0.4 is 5.32 Å². The molecule has 2 N–H and O–H groups in total. The van der Waals surface area contributed by atoms with Crippen molar-refractivity contribution < 1.29 is 62.7 Å². The van der Waals surface area contributed by atoms with Crippen molar-refractivity contribution in [1.82, 2.24) is 44.6 Å². The van der Waals surface area contributed by atoms with Gasteiger partial charge in [-0.2, -0.15) is 0 Å². The van der Waals surface area contributed by atoms with E-state index >= 15 is 19.2 Å². The lowest BCUT2D eigenvalue weighted by atomic mass is 9.84. The van der Waals surface area contributed by atoms with Gasteiger partial charge in [0.2, 0.25) is 35.4 Å². The molecule has 2 aliphatic heterocycles. The number of hydrazine groups is 1. The SMILES string of the molecule is CC[C@H]1CC(=O)[C@@H]([C@H](O)[C@H](C)CCN2CC(OC)C2)N(C)C(=O)[C@@H](C(C)C)N(C)C(=O)[C@@H](CC(C)C)N(C)C(=O)[C@@H](CC(C)C)N(C)[N+](=O)[C@H](C)NC(=O)[C@@H](C)CC(=O)[C@@H](CC(C)C)N(C)C(=O)[C@@H](C(C)C)CC(=O)[C@H](CC(C)C)N(C)C(=O)[C@@H](C)N(C)C1=O. The summed E-state index contributed by atoms with van der Waals surface area (Å²) in [5.41, 5.74) is 0. The highest BCUT2D eigenvalue weighted by atomic mass is 16.5. The summed E-state index contributed by atoms with van der Waals surface area (Å²) in [6, 6.07) is -8.19. The van der Waals surface area contributed by atoms with Gasteiger partial charge in [0.1, 0.15) is 29.0 Å². The van der Waals surface area contributed by atoms with Crippen LogP contribution in [0.2, 0.25) is 0 Å². The summed E-state index contributed by atoms with van der Waals surface area (Å²) < 4.78 is 5.47. The third-order valence-electron chi connectivity index (χ3n) is 18.9. The minimum Gasteiger partial charge on any atom is -0.390 e. The highest BCUT2D eigenvalue weighted by Gasteiger charge is 2.47. The molecule has 0 unspecified atom stereocenters. The fourth-order valence-corrected chi connectivity index (χ4v) is 12.6. The highest BCUT2D eigenvalue weighted by molar-refractivity contribution is 5.99. The average molecular weight is 1270 g/mol. The second-order valence-electron chi connectivity index (χ2n) is 28.9. The topological polar surface area (TPSA) is 258 Å². The van der Waals surface area contributed by atoms with Crippen molar-refractivity contribution in [2.75, 3.05) is 76.1 Å². The number of nitrogens with one attached hydrogen (secondary N) is 1. The number of amides is 7. The first-order chi connectivity index (χ1) is 41.6. The largest absolute Gasteiger partial charge is 0.390 e. The van der Waals surface area contributed by atoms with Crippen LogP contribution in [0.25, 0.3) is 0 Å². The van der Waals surface area contributed by atoms with E-state index in [1.54, 1.807) is 48.7 Å². The van der Waals surface area contributed by atoms with Gasteiger partial charge < -0.3 is 39.2 Å². The lowest BCUT2D eigenvalue weighted by Gasteiger charge is -2.42. The molecule has 23 nitrogen and oxygen atoms in total. The molecule has 7 amide bonds. The summed E-state index contributed by atoms with van der Waals surface area (Å²) in [5, 5.41) is 16.4. The third kappa shape index (κ3) is 21.6. The zero-order valence-corrected chi connectivity index (χ0v) is 59.9. The molecule has 0 spiro atoms. The molecule has 13 atom stereocenters. The van der Waals surface area contributed by atoms with Gasteiger partial charge in [-0.05, 0) is 93.4 Å². The van der Waals surface area contributed by atoms with Crippen LogP contribution in [0.4, 0.5) is 0 Å². The molecule has 0 aromatic carbocycles. The van der Waals surface area contributed by atoms with Crippen molar-refractivity contribution in [1.29, 1.82) is 0 Å². The zero-order valence-electron chi connectivity index (χ0n) is 59.9. The standard InChI is InChI=1S/C67H120N10O13/c1-26-48-34-57(80)59(60(81)44(14)27-28-76-36-49(37-76)90-25)74(23)67(88)58(43(12)13)73(22)65(86)53(31-40(6)7)72(21)66(87)54(32-41(8)9)75(24)77(89)47(17)68-61(82)45(15)33-55(78)51(29-38(2)3)71(20)64(85)50(42(10)11)35-56(79)52(30-39(4)5)70(19)62(83)46(16)69(18)63(48)84/h38-54,58-60,81H,26-37H2,1-25H3/p+1/t44-,45+,46-,47-,48+,50-,51-,52+,53-,54-,58-,59+,60-/m1/s1. The Morgan fingerprint density at radius 2 is 0.967 bits per heavy atom. The number of Topliss-reactive ketones (excluding diaryl/α,β-unsaturated/α-hetero) is 3. The number of hydrogen-bond donors (Lipinski definition) is 2. The van der Waals surface area contributed by atoms with Crippen LogP contribution in [0.3, 0.4) is 0 Å². The van der Waals surface area contributed by atoms with E-state index in [-0.39, 0.29) is 80.5 Å². The number of rotatable bonds is 17. The smallest absolute Gasteiger partial charge is 0.305 e. The second kappa shape index (κ2) is 36.1. The Bertz CT molecular complexity index is 2450. The molecule has 90 heavy (non-hydrogen) atoms. The quantitative estimate of drug-likeness (QED) is 0.163. The number of nitrogens with zero attached hydrogens (tertiary/aromatic N) is 9. The maximum absolute atomic E-state index is 15.4. The molecule has 2 fully saturated rings. The summed E-state index contributed by atoms with van der Waals surface area (Å²) in [7, 11) is 11.9. The van der Waals surface area contributed by atoms with Crippen molar-refractivity contribution in [3.05, 3.63) is 4.91 Å². The molecule has 0 aliphatic carbocycles. The van der Waals surface area contributed by atoms with E-state index in [0.717, 1.165) is 0 Å². The van der Waals surface area contributed by atoms with Gasteiger partial charge in [-0.25, -0.2) is 0 Å². The van der Waals surface area contributed by atoms with Crippen LogP contribution in [0, 0.1) is 64.1 Å². The predicted octanol–water partition coefficient (Wildman–Crippen LogP) is 5.81. The summed E-state index contributed by atoms with van der Waals surface area (Å²) in [5.74, 6) is -10.3. The van der Waals surface area contributed by atoms with Crippen LogP contribution in [0.15, 0.2) is 0 Å². The molecular weight excluding hydrogens is 1150 g/mol. The number of aliphatic hydroxyl groups is 1. The number of aliphatic hydroxyl groups excluding tert-OH is 1. The number of nitroso groups, excluding NO2 is 1. The van der Waals surface area contributed by atoms with Crippen LogP contribution in [-0.4, -0.2) is 245 Å². The molecule has 0 bridgehead atoms. The van der Waals surface area contributed by atoms with Crippen LogP contribution in [-0.2, 0) is 52.7 Å². The van der Waals surface area contributed by atoms with E-state index in [9.17, 15) is 38.8 Å². The zero-order chi connectivity index (χ0) is 69.4. The summed E-state index contributed by atoms with van der Waals surface area (Å²) >= 11 is 0. The van der Waals surface area contributed by atoms with Crippen molar-refractivity contribution in [2.24, 2.45) is 59.2 Å². The number of methoxy groups -OCH3 is 1. The number of ether oxygens (including phenoxy) is 1. The molecular formula is C67H121N10O13+. The van der Waals surface area contributed by atoms with Gasteiger partial charge in [-0.1, -0.05) is 104 Å². The van der Waals surface area contributed by atoms with E-state index in [2.05, 4.69) is 10.2 Å². The van der Waals surface area contributed by atoms with Crippen LogP contribution >= 0.6 is 0 Å². The first-order valence-corrected chi connectivity index (χ1v) is 33.2. The molecule has 0 aromatic heterocycles. The Morgan fingerprint density at radius 3 is 1.43 bits per heavy atom. The number of carbonyl (C=O) groups excluding carboxylic acids is 10. The fourth-order valence-electron chi connectivity index (χ4n) is 12.6. The third-order valence-corrected chi connectivity index (χ3v) is 18.9. The number of likely N-dealkylation sites (N-methyl/N-ethyl adjacent to an activating group) is 7. The Labute approximate surface area is 540 Å². The molecule has 0 saturated carbocycles. The molecule has 2 saturated heterocycles. The lowest BCUT2D eigenvalue weighted by molar-refractivity contribution is -0.734. The maximum atomic E-state index is 15.4. The van der Waals surface area contributed by atoms with E-state index in [4.69, 9.17) is 4.74 Å². The molecule has 0 radical (unpaired) electrons. The van der Waals surface area contributed by atoms with Gasteiger partial charge in [0.05, 0.1) is 36.2 Å². The minimum absolute atomic E-state index is 0.0734. The van der Waals surface area contributed by atoms with Crippen molar-refractivity contribution in [2.45, 2.75) is 236 Å². The van der Waals surface area contributed by atoms with Crippen LogP contribution in [0.1, 0.15) is 175 Å². The van der Waals surface area contributed by atoms with E-state index < -0.39 is 149 Å². The van der Waals surface area contributed by atoms with Gasteiger partial charge in [-0.15, -0.1) is 5.01 Å². The maximum Gasteiger partial charge on any atom is 0.305 e. The second-order valence-corrected chi connectivity index (χ2v) is 28.9. The predicted molar refractivity (Wildman–Crippen MR) is 348 cm³/mol. The number of likely N-dealkylation sites (tertiary alicyclic amines) is 1. The monoisotopic (exact) mass is 1270 g/mol. The average Bonchev–Trinajstić information content (AvgIpc) is 0.897. The van der Waals surface area contributed by atoms with Gasteiger partial charge >= 0.3 is 6.17 Å². The molecule has 2 rings (SSSR count). The number of hydrogen-bond acceptors (Lipinski definition) is 14. The summed E-state index contributed by atoms with van der Waals surface area (Å²) in [4.78, 5) is 173. The van der Waals surface area contributed by atoms with Gasteiger partial charge in [0, 0.05) is 106 Å². The molecule has 23 heteroatoms. The van der Waals surface area contributed by atoms with Crippen molar-refractivity contribution >= 4 is 58.7 Å². The Kier molecular flexibility index (Phi) is 32.4. The molecule has 516 valence electrons. The first kappa shape index (κ1) is 80.7. The van der Waals surface area contributed by atoms with Gasteiger partial charge in [-0.3, -0.25) is 58.2 Å². The fraction of sp³-hybridized carbons (Fsp3) is 0.851. The summed E-state index contributed by atoms with van der Waals surface area (Å²) in [6.07, 6.45) is -2.24. The van der Waals surface area contributed by atoms with Gasteiger partial charge in [0.15, 0.2) is 23.4 Å². The lowest BCUT2D eigenvalue weighted by Crippen LogP contribution is -2.62. The number of carbonyl (C=O) groups is 10. The highest BCUT2D eigenvalue weighted by Crippen LogP contribution is 2.30. The van der Waals surface area contributed by atoms with Gasteiger partial charge in [0.25, 0.3) is 5.91 Å².